The summed E-state index contributed by atoms with van der Waals surface area (Å²) < 4.78 is 0. The van der Waals surface area contributed by atoms with Crippen molar-refractivity contribution in [2.24, 2.45) is 11.7 Å². The smallest absolute Gasteiger partial charge is 0.128 e. The number of rotatable bonds is 6. The van der Waals surface area contributed by atoms with Crippen molar-refractivity contribution in [1.82, 2.24) is 4.98 Å². The van der Waals surface area contributed by atoms with Crippen LogP contribution < -0.4 is 10.6 Å². The van der Waals surface area contributed by atoms with Crippen molar-refractivity contribution in [3.63, 3.8) is 0 Å². The molecule has 0 spiro atoms. The van der Waals surface area contributed by atoms with Gasteiger partial charge in [0.1, 0.15) is 5.82 Å². The molecular weight excluding hydrogens is 198 g/mol. The number of pyridine rings is 1. The lowest BCUT2D eigenvalue weighted by atomic mass is 10.2. The molecule has 0 amide bonds. The molecule has 16 heavy (non-hydrogen) atoms. The average Bonchev–Trinajstić information content (AvgIpc) is 2.25. The normalized spacial score (nSPS) is 10.8. The predicted molar refractivity (Wildman–Crippen MR) is 69.7 cm³/mol. The number of anilines is 1. The highest BCUT2D eigenvalue weighted by Gasteiger charge is 2.08. The van der Waals surface area contributed by atoms with Gasteiger partial charge in [-0.1, -0.05) is 19.9 Å². The van der Waals surface area contributed by atoms with E-state index >= 15 is 0 Å². The first-order valence-electron chi connectivity index (χ1n) is 6.01. The second kappa shape index (κ2) is 6.48. The lowest BCUT2D eigenvalue weighted by Crippen LogP contribution is -2.30. The lowest BCUT2D eigenvalue weighted by molar-refractivity contribution is 0.596. The van der Waals surface area contributed by atoms with E-state index in [2.05, 4.69) is 42.8 Å². The van der Waals surface area contributed by atoms with Crippen LogP contribution in [0.5, 0.6) is 0 Å². The molecule has 1 aromatic heterocycles. The summed E-state index contributed by atoms with van der Waals surface area (Å²) in [6.45, 7) is 9.28. The summed E-state index contributed by atoms with van der Waals surface area (Å²) in [6.07, 6.45) is 2.94. The molecule has 90 valence electrons. The maximum atomic E-state index is 5.56. The largest absolute Gasteiger partial charge is 0.356 e. The van der Waals surface area contributed by atoms with Gasteiger partial charge in [0.2, 0.25) is 0 Å². The van der Waals surface area contributed by atoms with Crippen molar-refractivity contribution >= 4 is 5.82 Å². The number of aryl methyl sites for hydroxylation is 1. The average molecular weight is 221 g/mol. The van der Waals surface area contributed by atoms with Gasteiger partial charge >= 0.3 is 0 Å². The zero-order chi connectivity index (χ0) is 12.0. The topological polar surface area (TPSA) is 42.1 Å². The van der Waals surface area contributed by atoms with E-state index in [4.69, 9.17) is 5.73 Å². The molecule has 1 aromatic rings. The Morgan fingerprint density at radius 3 is 2.62 bits per heavy atom. The second-order valence-electron chi connectivity index (χ2n) is 4.68. The predicted octanol–water partition coefficient (Wildman–Crippen LogP) is 2.20. The third-order valence-electron chi connectivity index (χ3n) is 2.44. The first kappa shape index (κ1) is 13.0. The van der Waals surface area contributed by atoms with Crippen LogP contribution in [0.3, 0.4) is 0 Å². The Labute approximate surface area is 98.7 Å². The van der Waals surface area contributed by atoms with E-state index in [9.17, 15) is 0 Å². The fraction of sp³-hybridized carbons (Fsp3) is 0.615. The molecule has 0 saturated heterocycles. The van der Waals surface area contributed by atoms with E-state index in [-0.39, 0.29) is 0 Å². The van der Waals surface area contributed by atoms with Crippen molar-refractivity contribution < 1.29 is 0 Å². The van der Waals surface area contributed by atoms with Gasteiger partial charge in [-0.25, -0.2) is 4.98 Å². The van der Waals surface area contributed by atoms with Crippen molar-refractivity contribution in [3.8, 4) is 0 Å². The Bertz CT molecular complexity index is 293. The molecule has 1 rings (SSSR count). The van der Waals surface area contributed by atoms with Crippen LogP contribution in [0.2, 0.25) is 0 Å². The molecule has 0 atom stereocenters. The molecule has 0 aliphatic carbocycles. The fourth-order valence-corrected chi connectivity index (χ4v) is 1.67. The van der Waals surface area contributed by atoms with Crippen LogP contribution >= 0.6 is 0 Å². The van der Waals surface area contributed by atoms with Gasteiger partial charge in [-0.15, -0.1) is 0 Å². The summed E-state index contributed by atoms with van der Waals surface area (Å²) in [7, 11) is 0. The Morgan fingerprint density at radius 1 is 1.38 bits per heavy atom. The van der Waals surface area contributed by atoms with E-state index in [0.29, 0.717) is 5.92 Å². The van der Waals surface area contributed by atoms with E-state index in [1.807, 2.05) is 6.20 Å². The first-order chi connectivity index (χ1) is 7.63. The Kier molecular flexibility index (Phi) is 5.26. The maximum Gasteiger partial charge on any atom is 0.128 e. The minimum Gasteiger partial charge on any atom is -0.356 e. The molecule has 0 saturated carbocycles. The van der Waals surface area contributed by atoms with Gasteiger partial charge < -0.3 is 10.6 Å². The third-order valence-corrected chi connectivity index (χ3v) is 2.44. The van der Waals surface area contributed by atoms with Gasteiger partial charge in [0.15, 0.2) is 0 Å². The molecule has 0 aliphatic rings. The van der Waals surface area contributed by atoms with Gasteiger partial charge in [0, 0.05) is 19.3 Å². The maximum absolute atomic E-state index is 5.56. The van der Waals surface area contributed by atoms with Crippen LogP contribution in [0.15, 0.2) is 18.3 Å². The van der Waals surface area contributed by atoms with Crippen molar-refractivity contribution in [2.75, 3.05) is 24.5 Å². The molecule has 0 bridgehead atoms. The summed E-state index contributed by atoms with van der Waals surface area (Å²) in [6, 6.07) is 4.20. The van der Waals surface area contributed by atoms with E-state index in [1.54, 1.807) is 0 Å². The van der Waals surface area contributed by atoms with Crippen molar-refractivity contribution in [2.45, 2.75) is 27.2 Å². The molecule has 2 N–H and O–H groups in total. The number of nitrogens with two attached hydrogens (primary N) is 1. The van der Waals surface area contributed by atoms with E-state index < -0.39 is 0 Å². The SMILES string of the molecule is Cc1ccc(N(CCCN)CC(C)C)nc1. The number of nitrogens with zero attached hydrogens (tertiary/aromatic N) is 2. The van der Waals surface area contributed by atoms with Gasteiger partial charge in [0.05, 0.1) is 0 Å². The minimum atomic E-state index is 0.640. The van der Waals surface area contributed by atoms with Crippen LogP contribution in [0.25, 0.3) is 0 Å². The first-order valence-corrected chi connectivity index (χ1v) is 6.01. The molecule has 1 heterocycles. The molecule has 0 aromatic carbocycles. The molecule has 0 radical (unpaired) electrons. The van der Waals surface area contributed by atoms with Crippen LogP contribution in [-0.2, 0) is 0 Å². The van der Waals surface area contributed by atoms with Gasteiger partial charge in [0.25, 0.3) is 0 Å². The van der Waals surface area contributed by atoms with E-state index in [1.165, 1.54) is 5.56 Å². The number of hydrogen-bond acceptors (Lipinski definition) is 3. The standard InChI is InChI=1S/C13H23N3/c1-11(2)10-16(8-4-7-14)13-6-5-12(3)9-15-13/h5-6,9,11H,4,7-8,10,14H2,1-3H3. The molecule has 3 heteroatoms. The zero-order valence-corrected chi connectivity index (χ0v) is 10.6. The summed E-state index contributed by atoms with van der Waals surface area (Å²) in [5.41, 5.74) is 6.76. The summed E-state index contributed by atoms with van der Waals surface area (Å²) >= 11 is 0. The lowest BCUT2D eigenvalue weighted by Gasteiger charge is -2.25. The monoisotopic (exact) mass is 221 g/mol. The summed E-state index contributed by atoms with van der Waals surface area (Å²) in [4.78, 5) is 6.79. The van der Waals surface area contributed by atoms with Gasteiger partial charge in [-0.2, -0.15) is 0 Å². The highest BCUT2D eigenvalue weighted by molar-refractivity contribution is 5.39. The fourth-order valence-electron chi connectivity index (χ4n) is 1.67. The Morgan fingerprint density at radius 2 is 2.12 bits per heavy atom. The quantitative estimate of drug-likeness (QED) is 0.800. The van der Waals surface area contributed by atoms with Crippen LogP contribution in [-0.4, -0.2) is 24.6 Å². The summed E-state index contributed by atoms with van der Waals surface area (Å²) in [5, 5.41) is 0. The van der Waals surface area contributed by atoms with Crippen LogP contribution in [0.1, 0.15) is 25.8 Å². The zero-order valence-electron chi connectivity index (χ0n) is 10.6. The second-order valence-corrected chi connectivity index (χ2v) is 4.68. The van der Waals surface area contributed by atoms with Gasteiger partial charge in [-0.05, 0) is 37.4 Å². The van der Waals surface area contributed by atoms with E-state index in [0.717, 1.165) is 31.9 Å². The molecule has 0 unspecified atom stereocenters. The third kappa shape index (κ3) is 4.19. The van der Waals surface area contributed by atoms with Crippen LogP contribution in [0, 0.1) is 12.8 Å². The number of hydrogen-bond donors (Lipinski definition) is 1. The van der Waals surface area contributed by atoms with Crippen LogP contribution in [0.4, 0.5) is 5.82 Å². The minimum absolute atomic E-state index is 0.640. The van der Waals surface area contributed by atoms with Crippen molar-refractivity contribution in [3.05, 3.63) is 23.9 Å². The highest BCUT2D eigenvalue weighted by Crippen LogP contribution is 2.13. The van der Waals surface area contributed by atoms with Gasteiger partial charge in [-0.3, -0.25) is 0 Å². The highest BCUT2D eigenvalue weighted by atomic mass is 15.2. The molecule has 0 aliphatic heterocycles. The van der Waals surface area contributed by atoms with Crippen molar-refractivity contribution in [1.29, 1.82) is 0 Å². The molecule has 3 nitrogen and oxygen atoms in total. The molecular formula is C13H23N3. The summed E-state index contributed by atoms with van der Waals surface area (Å²) in [5.74, 6) is 1.70. The Balaban J connectivity index is 2.70. The Hall–Kier alpha value is -1.09. The molecule has 0 fully saturated rings. The number of aromatic nitrogens is 1.